The molecule has 0 amide bonds. The van der Waals surface area contributed by atoms with E-state index in [0.717, 1.165) is 0 Å². The second-order valence-electron chi connectivity index (χ2n) is 2.71. The van der Waals surface area contributed by atoms with Crippen LogP contribution in [-0.2, 0) is 9.47 Å². The van der Waals surface area contributed by atoms with Crippen molar-refractivity contribution in [1.82, 2.24) is 0 Å². The van der Waals surface area contributed by atoms with Crippen LogP contribution >= 0.6 is 0 Å². The summed E-state index contributed by atoms with van der Waals surface area (Å²) >= 11 is 0. The molecule has 0 radical (unpaired) electrons. The van der Waals surface area contributed by atoms with Crippen molar-refractivity contribution >= 4 is 0 Å². The molecule has 5 heteroatoms. The van der Waals surface area contributed by atoms with Crippen LogP contribution in [0.25, 0.3) is 0 Å². The van der Waals surface area contributed by atoms with Gasteiger partial charge in [-0.15, -0.1) is 5.26 Å². The summed E-state index contributed by atoms with van der Waals surface area (Å²) in [5, 5.41) is 8.37. The van der Waals surface area contributed by atoms with E-state index in [1.165, 1.54) is 25.3 Å². The predicted octanol–water partition coefficient (Wildman–Crippen LogP) is 3.48. The van der Waals surface area contributed by atoms with Gasteiger partial charge < -0.3 is 9.47 Å². The average Bonchev–Trinajstić information content (AvgIpc) is 2.23. The molecule has 16 heavy (non-hydrogen) atoms. The highest BCUT2D eigenvalue weighted by molar-refractivity contribution is 5.32. The highest BCUT2D eigenvalue weighted by Gasteiger charge is 2.11. The van der Waals surface area contributed by atoms with Crippen molar-refractivity contribution in [1.29, 1.82) is 5.26 Å². The minimum atomic E-state index is -2.92. The third-order valence-corrected chi connectivity index (χ3v) is 1.69. The lowest BCUT2D eigenvalue weighted by molar-refractivity contribution is -0.0929. The lowest BCUT2D eigenvalue weighted by atomic mass is 10.2. The number of nitriles is 1. The molecule has 0 saturated carbocycles. The zero-order valence-corrected chi connectivity index (χ0v) is 9.33. The summed E-state index contributed by atoms with van der Waals surface area (Å²) in [6.07, 6.45) is 5.91. The van der Waals surface area contributed by atoms with Gasteiger partial charge in [-0.3, -0.25) is 0 Å². The quantitative estimate of drug-likeness (QED) is 0.411. The van der Waals surface area contributed by atoms with Gasteiger partial charge in [0.25, 0.3) is 6.26 Å². The van der Waals surface area contributed by atoms with E-state index < -0.39 is 6.61 Å². The molecule has 0 unspecified atom stereocenters. The van der Waals surface area contributed by atoms with E-state index in [4.69, 9.17) is 5.26 Å². The Balaban J connectivity index is 5.17. The molecule has 0 aliphatic rings. The van der Waals surface area contributed by atoms with Crippen LogP contribution in [0.15, 0.2) is 35.3 Å². The van der Waals surface area contributed by atoms with Gasteiger partial charge in [0.1, 0.15) is 11.5 Å². The fourth-order valence-electron chi connectivity index (χ4n) is 1.02. The maximum atomic E-state index is 12.1. The SMILES string of the molecule is C\C=C/C(OC(F)F)=C(C)\C(=C/C)OC#N. The Bertz CT molecular complexity index is 351. The molecule has 88 valence electrons. The van der Waals surface area contributed by atoms with Gasteiger partial charge in [0.15, 0.2) is 0 Å². The molecule has 0 saturated heterocycles. The molecule has 0 spiro atoms. The standard InChI is InChI=1S/C11H13F2NO2/c1-4-6-10(16-11(12)13)8(3)9(5-2)15-7-14/h4-6,11H,1-3H3/b6-4-,9-5+,10-8+. The van der Waals surface area contributed by atoms with Crippen LogP contribution in [-0.4, -0.2) is 6.61 Å². The van der Waals surface area contributed by atoms with Crippen molar-refractivity contribution in [2.24, 2.45) is 0 Å². The van der Waals surface area contributed by atoms with Crippen molar-refractivity contribution in [2.45, 2.75) is 27.4 Å². The molecule has 0 aromatic carbocycles. The van der Waals surface area contributed by atoms with E-state index in [1.807, 2.05) is 0 Å². The van der Waals surface area contributed by atoms with Crippen molar-refractivity contribution in [3.8, 4) is 6.26 Å². The lowest BCUT2D eigenvalue weighted by Crippen LogP contribution is -2.02. The summed E-state index contributed by atoms with van der Waals surface area (Å²) in [7, 11) is 0. The molecule has 0 atom stereocenters. The van der Waals surface area contributed by atoms with E-state index in [1.54, 1.807) is 19.9 Å². The highest BCUT2D eigenvalue weighted by Crippen LogP contribution is 2.19. The van der Waals surface area contributed by atoms with Crippen LogP contribution in [0.5, 0.6) is 0 Å². The fraction of sp³-hybridized carbons (Fsp3) is 0.364. The summed E-state index contributed by atoms with van der Waals surface area (Å²) in [6.45, 7) is 1.92. The van der Waals surface area contributed by atoms with E-state index >= 15 is 0 Å². The molecular weight excluding hydrogens is 216 g/mol. The first-order valence-electron chi connectivity index (χ1n) is 4.57. The second kappa shape index (κ2) is 7.46. The van der Waals surface area contributed by atoms with E-state index in [2.05, 4.69) is 9.47 Å². The maximum absolute atomic E-state index is 12.1. The maximum Gasteiger partial charge on any atom is 0.387 e. The number of halogens is 2. The first kappa shape index (κ1) is 14.2. The molecule has 0 bridgehead atoms. The lowest BCUT2D eigenvalue weighted by Gasteiger charge is -2.10. The number of rotatable bonds is 5. The Morgan fingerprint density at radius 2 is 2.00 bits per heavy atom. The third-order valence-electron chi connectivity index (χ3n) is 1.69. The van der Waals surface area contributed by atoms with Crippen molar-refractivity contribution in [3.63, 3.8) is 0 Å². The Morgan fingerprint density at radius 3 is 2.38 bits per heavy atom. The molecule has 0 N–H and O–H groups in total. The van der Waals surface area contributed by atoms with Gasteiger partial charge in [-0.2, -0.15) is 8.78 Å². The largest absolute Gasteiger partial charge is 0.434 e. The molecule has 0 aliphatic heterocycles. The molecule has 0 aromatic rings. The normalized spacial score (nSPS) is 13.7. The van der Waals surface area contributed by atoms with Crippen molar-refractivity contribution < 1.29 is 18.3 Å². The molecule has 0 fully saturated rings. The molecule has 0 aliphatic carbocycles. The Kier molecular flexibility index (Phi) is 6.61. The fourth-order valence-corrected chi connectivity index (χ4v) is 1.02. The van der Waals surface area contributed by atoms with Crippen LogP contribution in [0.1, 0.15) is 20.8 Å². The topological polar surface area (TPSA) is 42.2 Å². The molecule has 0 rings (SSSR count). The van der Waals surface area contributed by atoms with Gasteiger partial charge in [-0.1, -0.05) is 6.08 Å². The summed E-state index contributed by atoms with van der Waals surface area (Å²) in [5.74, 6) is 0.164. The number of nitrogens with zero attached hydrogens (tertiary/aromatic N) is 1. The summed E-state index contributed by atoms with van der Waals surface area (Å²) in [6, 6.07) is 0. The number of alkyl halides is 2. The Hall–Kier alpha value is -1.83. The monoisotopic (exact) mass is 229 g/mol. The van der Waals surface area contributed by atoms with E-state index in [9.17, 15) is 8.78 Å². The smallest absolute Gasteiger partial charge is 0.387 e. The molecule has 0 aromatic heterocycles. The summed E-state index contributed by atoms with van der Waals surface area (Å²) in [5.41, 5.74) is 0.336. The van der Waals surface area contributed by atoms with Crippen LogP contribution in [0.4, 0.5) is 8.78 Å². The number of ether oxygens (including phenoxy) is 2. The third kappa shape index (κ3) is 4.60. The minimum absolute atomic E-state index is 0.0270. The van der Waals surface area contributed by atoms with Gasteiger partial charge in [-0.25, -0.2) is 0 Å². The van der Waals surface area contributed by atoms with Gasteiger partial charge >= 0.3 is 6.61 Å². The van der Waals surface area contributed by atoms with Gasteiger partial charge in [0.2, 0.25) is 0 Å². The average molecular weight is 229 g/mol. The van der Waals surface area contributed by atoms with E-state index in [0.29, 0.717) is 5.57 Å². The number of hydrogen-bond acceptors (Lipinski definition) is 3. The van der Waals surface area contributed by atoms with Crippen molar-refractivity contribution in [3.05, 3.63) is 35.3 Å². The van der Waals surface area contributed by atoms with Crippen LogP contribution in [0.3, 0.4) is 0 Å². The molecule has 3 nitrogen and oxygen atoms in total. The highest BCUT2D eigenvalue weighted by atomic mass is 19.3. The van der Waals surface area contributed by atoms with Crippen molar-refractivity contribution in [2.75, 3.05) is 0 Å². The second-order valence-corrected chi connectivity index (χ2v) is 2.71. The first-order chi connectivity index (χ1) is 7.56. The first-order valence-corrected chi connectivity index (χ1v) is 4.57. The summed E-state index contributed by atoms with van der Waals surface area (Å²) < 4.78 is 33.1. The van der Waals surface area contributed by atoms with E-state index in [-0.39, 0.29) is 11.5 Å². The van der Waals surface area contributed by atoms with Gasteiger partial charge in [0.05, 0.1) is 0 Å². The zero-order valence-electron chi connectivity index (χ0n) is 9.33. The zero-order chi connectivity index (χ0) is 12.6. The minimum Gasteiger partial charge on any atom is -0.434 e. The van der Waals surface area contributed by atoms with Gasteiger partial charge in [-0.05, 0) is 32.9 Å². The Morgan fingerprint density at radius 1 is 1.38 bits per heavy atom. The predicted molar refractivity (Wildman–Crippen MR) is 55.1 cm³/mol. The molecular formula is C11H13F2NO2. The van der Waals surface area contributed by atoms with Crippen LogP contribution < -0.4 is 0 Å². The number of allylic oxidation sites excluding steroid dienone is 4. The molecule has 0 heterocycles. The van der Waals surface area contributed by atoms with Crippen LogP contribution in [0, 0.1) is 11.5 Å². The number of hydrogen-bond donors (Lipinski definition) is 0. The van der Waals surface area contributed by atoms with Crippen LogP contribution in [0.2, 0.25) is 0 Å². The Labute approximate surface area is 93.3 Å². The van der Waals surface area contributed by atoms with Gasteiger partial charge in [0, 0.05) is 5.57 Å². The summed E-state index contributed by atoms with van der Waals surface area (Å²) in [4.78, 5) is 0.